The molecule has 2 aromatic carbocycles. The zero-order valence-electron chi connectivity index (χ0n) is 14.1. The van der Waals surface area contributed by atoms with E-state index < -0.39 is 11.6 Å². The summed E-state index contributed by atoms with van der Waals surface area (Å²) >= 11 is 0. The number of carbonyl (C=O) groups excluding carboxylic acids is 1. The highest BCUT2D eigenvalue weighted by molar-refractivity contribution is 5.92. The van der Waals surface area contributed by atoms with Gasteiger partial charge in [0.2, 0.25) is 5.91 Å². The molecule has 4 aromatic rings. The highest BCUT2D eigenvalue weighted by Gasteiger charge is 2.08. The van der Waals surface area contributed by atoms with Crippen LogP contribution in [0, 0.1) is 11.6 Å². The Balaban J connectivity index is 1.45. The molecule has 0 spiro atoms. The third-order valence-electron chi connectivity index (χ3n) is 4.14. The Labute approximate surface area is 153 Å². The molecular formula is C20H14F2N4O. The number of nitrogens with zero attached hydrogens (tertiary/aromatic N) is 3. The van der Waals surface area contributed by atoms with E-state index in [4.69, 9.17) is 0 Å². The molecule has 0 bridgehead atoms. The van der Waals surface area contributed by atoms with Gasteiger partial charge in [0, 0.05) is 18.0 Å². The Hall–Kier alpha value is -3.61. The van der Waals surface area contributed by atoms with Gasteiger partial charge in [0.1, 0.15) is 6.33 Å². The lowest BCUT2D eigenvalue weighted by atomic mass is 10.0. The number of rotatable bonds is 4. The summed E-state index contributed by atoms with van der Waals surface area (Å²) in [7, 11) is 0. The lowest BCUT2D eigenvalue weighted by molar-refractivity contribution is -0.115. The predicted octanol–water partition coefficient (Wildman–Crippen LogP) is 3.86. The van der Waals surface area contributed by atoms with Gasteiger partial charge in [-0.2, -0.15) is 5.10 Å². The van der Waals surface area contributed by atoms with Gasteiger partial charge in [-0.05, 0) is 41.0 Å². The van der Waals surface area contributed by atoms with Crippen LogP contribution in [0.1, 0.15) is 5.56 Å². The van der Waals surface area contributed by atoms with Crippen molar-refractivity contribution in [1.29, 1.82) is 0 Å². The first-order chi connectivity index (χ1) is 13.1. The maximum atomic E-state index is 13.2. The molecule has 7 heteroatoms. The summed E-state index contributed by atoms with van der Waals surface area (Å²) in [6.07, 6.45) is 3.46. The number of hydrogen-bond acceptors (Lipinski definition) is 3. The summed E-state index contributed by atoms with van der Waals surface area (Å²) in [6.45, 7) is 0. The van der Waals surface area contributed by atoms with Crippen LogP contribution in [-0.2, 0) is 11.2 Å². The number of amides is 1. The van der Waals surface area contributed by atoms with Crippen LogP contribution in [0.3, 0.4) is 0 Å². The van der Waals surface area contributed by atoms with E-state index >= 15 is 0 Å². The van der Waals surface area contributed by atoms with Crippen LogP contribution in [-0.4, -0.2) is 20.5 Å². The van der Waals surface area contributed by atoms with Crippen LogP contribution in [0.2, 0.25) is 0 Å². The Bertz CT molecular complexity index is 1120. The molecule has 0 atom stereocenters. The maximum Gasteiger partial charge on any atom is 0.228 e. The number of pyridine rings is 1. The molecule has 0 saturated heterocycles. The average molecular weight is 364 g/mol. The second-order valence-electron chi connectivity index (χ2n) is 6.03. The monoisotopic (exact) mass is 364 g/mol. The molecular weight excluding hydrogens is 350 g/mol. The van der Waals surface area contributed by atoms with Gasteiger partial charge in [-0.3, -0.25) is 4.79 Å². The van der Waals surface area contributed by atoms with Gasteiger partial charge in [0.25, 0.3) is 0 Å². The van der Waals surface area contributed by atoms with Crippen molar-refractivity contribution < 1.29 is 13.6 Å². The fraction of sp³-hybridized carbons (Fsp3) is 0.0500. The second-order valence-corrected chi connectivity index (χ2v) is 6.03. The van der Waals surface area contributed by atoms with Crippen LogP contribution in [0.25, 0.3) is 16.8 Å². The van der Waals surface area contributed by atoms with Crippen LogP contribution in [0.5, 0.6) is 0 Å². The van der Waals surface area contributed by atoms with Crippen LogP contribution in [0.4, 0.5) is 14.5 Å². The molecule has 0 aliphatic rings. The number of nitrogens with one attached hydrogen (secondary N) is 1. The Morgan fingerprint density at radius 1 is 0.963 bits per heavy atom. The molecule has 4 rings (SSSR count). The zero-order valence-corrected chi connectivity index (χ0v) is 14.1. The normalized spacial score (nSPS) is 10.9. The van der Waals surface area contributed by atoms with E-state index in [1.54, 1.807) is 4.52 Å². The zero-order chi connectivity index (χ0) is 18.8. The number of fused-ring (bicyclic) bond motifs is 1. The average Bonchev–Trinajstić information content (AvgIpc) is 3.13. The molecule has 0 saturated carbocycles. The van der Waals surface area contributed by atoms with E-state index in [-0.39, 0.29) is 18.0 Å². The van der Waals surface area contributed by atoms with E-state index in [0.717, 1.165) is 34.5 Å². The molecule has 0 radical (unpaired) electrons. The van der Waals surface area contributed by atoms with Crippen LogP contribution in [0.15, 0.2) is 67.1 Å². The van der Waals surface area contributed by atoms with Crippen molar-refractivity contribution in [2.75, 3.05) is 5.32 Å². The Morgan fingerprint density at radius 2 is 1.78 bits per heavy atom. The van der Waals surface area contributed by atoms with Gasteiger partial charge in [0.15, 0.2) is 17.3 Å². The molecule has 2 aromatic heterocycles. The summed E-state index contributed by atoms with van der Waals surface area (Å²) in [6, 6.07) is 14.7. The van der Waals surface area contributed by atoms with E-state index in [2.05, 4.69) is 15.4 Å². The number of hydrogen-bond donors (Lipinski definition) is 1. The lowest BCUT2D eigenvalue weighted by Gasteiger charge is -2.07. The minimum Gasteiger partial charge on any atom is -0.326 e. The first kappa shape index (κ1) is 16.8. The van der Waals surface area contributed by atoms with Crippen LogP contribution < -0.4 is 5.32 Å². The third-order valence-corrected chi connectivity index (χ3v) is 4.14. The number of benzene rings is 2. The van der Waals surface area contributed by atoms with Gasteiger partial charge in [-0.15, -0.1) is 0 Å². The fourth-order valence-corrected chi connectivity index (χ4v) is 2.77. The Kier molecular flexibility index (Phi) is 4.33. The predicted molar refractivity (Wildman–Crippen MR) is 97.1 cm³/mol. The third kappa shape index (κ3) is 3.67. The van der Waals surface area contributed by atoms with Crippen molar-refractivity contribution in [2.45, 2.75) is 6.42 Å². The highest BCUT2D eigenvalue weighted by atomic mass is 19.2. The van der Waals surface area contributed by atoms with Gasteiger partial charge < -0.3 is 5.32 Å². The first-order valence-corrected chi connectivity index (χ1v) is 8.22. The van der Waals surface area contributed by atoms with Crippen molar-refractivity contribution in [1.82, 2.24) is 14.6 Å². The number of anilines is 1. The standard InChI is InChI=1S/C20H14F2N4O/c21-17-6-5-16(11-18(17)22)25-20(27)9-13-1-3-14(4-2-13)15-7-8-26-19(10-15)23-12-24-26/h1-8,10-12H,9H2,(H,25,27). The molecule has 0 unspecified atom stereocenters. The van der Waals surface area contributed by atoms with E-state index in [9.17, 15) is 13.6 Å². The SMILES string of the molecule is O=C(Cc1ccc(-c2ccn3ncnc3c2)cc1)Nc1ccc(F)c(F)c1. The number of aromatic nitrogens is 3. The van der Waals surface area contributed by atoms with Crippen molar-refractivity contribution in [3.8, 4) is 11.1 Å². The van der Waals surface area contributed by atoms with Crippen molar-refractivity contribution >= 4 is 17.2 Å². The first-order valence-electron chi connectivity index (χ1n) is 8.22. The van der Waals surface area contributed by atoms with E-state index in [0.29, 0.717) is 0 Å². The molecule has 2 heterocycles. The summed E-state index contributed by atoms with van der Waals surface area (Å²) < 4.78 is 27.8. The van der Waals surface area contributed by atoms with E-state index in [1.807, 2.05) is 42.6 Å². The number of carbonyl (C=O) groups is 1. The summed E-state index contributed by atoms with van der Waals surface area (Å²) in [5, 5.41) is 6.62. The maximum absolute atomic E-state index is 13.2. The van der Waals surface area contributed by atoms with E-state index in [1.165, 1.54) is 12.4 Å². The van der Waals surface area contributed by atoms with Gasteiger partial charge in [-0.1, -0.05) is 24.3 Å². The van der Waals surface area contributed by atoms with Gasteiger partial charge >= 0.3 is 0 Å². The van der Waals surface area contributed by atoms with Gasteiger partial charge in [0.05, 0.1) is 6.42 Å². The molecule has 1 N–H and O–H groups in total. The minimum atomic E-state index is -0.998. The molecule has 134 valence electrons. The van der Waals surface area contributed by atoms with Crippen molar-refractivity contribution in [3.05, 3.63) is 84.3 Å². The molecule has 0 fully saturated rings. The largest absolute Gasteiger partial charge is 0.326 e. The molecule has 0 aliphatic carbocycles. The van der Waals surface area contributed by atoms with Crippen LogP contribution >= 0.6 is 0 Å². The van der Waals surface area contributed by atoms with Crippen molar-refractivity contribution in [2.24, 2.45) is 0 Å². The number of halogens is 2. The smallest absolute Gasteiger partial charge is 0.228 e. The van der Waals surface area contributed by atoms with Crippen molar-refractivity contribution in [3.63, 3.8) is 0 Å². The molecule has 0 aliphatic heterocycles. The quantitative estimate of drug-likeness (QED) is 0.598. The molecule has 27 heavy (non-hydrogen) atoms. The summed E-state index contributed by atoms with van der Waals surface area (Å²) in [5.74, 6) is -2.26. The topological polar surface area (TPSA) is 59.3 Å². The summed E-state index contributed by atoms with van der Waals surface area (Å²) in [5.41, 5.74) is 3.76. The molecule has 5 nitrogen and oxygen atoms in total. The van der Waals surface area contributed by atoms with Gasteiger partial charge in [-0.25, -0.2) is 18.3 Å². The fourth-order valence-electron chi connectivity index (χ4n) is 2.77. The molecule has 1 amide bonds. The Morgan fingerprint density at radius 3 is 2.56 bits per heavy atom. The minimum absolute atomic E-state index is 0.127. The lowest BCUT2D eigenvalue weighted by Crippen LogP contribution is -2.14. The summed E-state index contributed by atoms with van der Waals surface area (Å²) in [4.78, 5) is 16.3. The second kappa shape index (κ2) is 6.95. The highest BCUT2D eigenvalue weighted by Crippen LogP contribution is 2.21.